The molecule has 2 unspecified atom stereocenters. The normalized spacial score (nSPS) is 20.3. The number of urea groups is 1. The van der Waals surface area contributed by atoms with Crippen LogP contribution in [0.4, 0.5) is 26.2 Å². The molecule has 3 aromatic carbocycles. The maximum absolute atomic E-state index is 14.8. The van der Waals surface area contributed by atoms with Gasteiger partial charge in [-0.05, 0) is 159 Å². The van der Waals surface area contributed by atoms with Gasteiger partial charge >= 0.3 is 24.1 Å². The monoisotopic (exact) mass is 1570 g/mol. The molecule has 10 N–H and O–H groups in total. The van der Waals surface area contributed by atoms with Gasteiger partial charge in [0.1, 0.15) is 24.5 Å². The van der Waals surface area contributed by atoms with Crippen LogP contribution in [0.5, 0.6) is 0 Å². The van der Waals surface area contributed by atoms with E-state index in [2.05, 4.69) is 34.8 Å². The topological polar surface area (TPSA) is 432 Å². The summed E-state index contributed by atoms with van der Waals surface area (Å²) in [5.41, 5.74) is 15.5. The van der Waals surface area contributed by atoms with E-state index in [9.17, 15) is 71.1 Å². The van der Waals surface area contributed by atoms with E-state index in [1.54, 1.807) is 37.1 Å². The van der Waals surface area contributed by atoms with Crippen molar-refractivity contribution in [3.63, 3.8) is 0 Å². The fourth-order valence-corrected chi connectivity index (χ4v) is 19.2. The molecule has 0 saturated heterocycles. The number of hydrogen-bond donors (Lipinski definition) is 8. The van der Waals surface area contributed by atoms with Crippen LogP contribution in [-0.2, 0) is 74.5 Å². The summed E-state index contributed by atoms with van der Waals surface area (Å²) in [4.78, 5) is 147. The number of para-hydroxylation sites is 1. The Balaban J connectivity index is 0.730. The third-order valence-electron chi connectivity index (χ3n) is 21.8. The van der Waals surface area contributed by atoms with E-state index < -0.39 is 99.5 Å². The highest BCUT2D eigenvalue weighted by Crippen LogP contribution is 2.72. The lowest BCUT2D eigenvalue weighted by Crippen LogP contribution is -2.64. The molecular weight excluding hydrogens is 1470 g/mol. The van der Waals surface area contributed by atoms with Crippen LogP contribution in [0.25, 0.3) is 21.3 Å². The molecule has 4 atom stereocenters. The van der Waals surface area contributed by atoms with Gasteiger partial charge in [0.05, 0.1) is 40.8 Å². The number of nitrogens with zero attached hydrogens (tertiary/aromatic N) is 9. The van der Waals surface area contributed by atoms with Gasteiger partial charge in [-0.2, -0.15) is 13.5 Å². The number of benzene rings is 3. The first kappa shape index (κ1) is 81.8. The number of carbonyl (C=O) groups is 10. The number of nitrogens with two attached hydrogens (primary N) is 2. The number of ether oxygens (including phenoxy) is 2. The zero-order chi connectivity index (χ0) is 79.7. The molecule has 31 nitrogen and oxygen atoms in total. The number of imide groups is 1. The van der Waals surface area contributed by atoms with Gasteiger partial charge in [-0.1, -0.05) is 81.9 Å². The van der Waals surface area contributed by atoms with E-state index in [0.29, 0.717) is 84.9 Å². The summed E-state index contributed by atoms with van der Waals surface area (Å²) in [6, 6.07) is 19.7. The Morgan fingerprint density at radius 1 is 0.784 bits per heavy atom. The number of fused-ring (bicyclic) bond motifs is 2. The van der Waals surface area contributed by atoms with Gasteiger partial charge < -0.3 is 51.6 Å². The first-order chi connectivity index (χ1) is 52.7. The number of aromatic carboxylic acids is 1. The maximum atomic E-state index is 14.8. The van der Waals surface area contributed by atoms with Crippen LogP contribution in [0.1, 0.15) is 154 Å². The molecule has 2 aliphatic heterocycles. The summed E-state index contributed by atoms with van der Waals surface area (Å²) in [6.45, 7) is 11.0. The summed E-state index contributed by atoms with van der Waals surface area (Å²) < 4.78 is 50.4. The highest BCUT2D eigenvalue weighted by molar-refractivity contribution is 7.85. The number of aliphatic carboxylic acids is 1. The van der Waals surface area contributed by atoms with Crippen LogP contribution in [0.3, 0.4) is 0 Å². The molecule has 4 bridgehead atoms. The lowest BCUT2D eigenvalue weighted by molar-refractivity contribution is -0.248. The summed E-state index contributed by atoms with van der Waals surface area (Å²) in [7, 11) is -4.48. The predicted octanol–water partition coefficient (Wildman–Crippen LogP) is 8.08. The molecule has 4 aliphatic carbocycles. The van der Waals surface area contributed by atoms with Crippen molar-refractivity contribution < 1.29 is 80.6 Å². The lowest BCUT2D eigenvalue weighted by atomic mass is 9.39. The smallest absolute Gasteiger partial charge is 0.410 e. The number of aromatic nitrogens is 4. The van der Waals surface area contributed by atoms with Crippen LogP contribution in [0.15, 0.2) is 97.2 Å². The Labute approximate surface area is 647 Å². The average molecular weight is 1570 g/mol. The second kappa shape index (κ2) is 34.6. The van der Waals surface area contributed by atoms with Crippen molar-refractivity contribution in [1.29, 1.82) is 0 Å². The molecule has 33 heteroatoms. The van der Waals surface area contributed by atoms with E-state index in [1.807, 2.05) is 59.0 Å². The molecular formula is C78H98N14O17S2. The van der Waals surface area contributed by atoms with E-state index in [0.717, 1.165) is 64.0 Å². The fraction of sp³-hybridized carbons (Fsp3) is 0.500. The van der Waals surface area contributed by atoms with Crippen molar-refractivity contribution >= 4 is 108 Å². The minimum atomic E-state index is -4.48. The Morgan fingerprint density at radius 2 is 1.51 bits per heavy atom. The average Bonchev–Trinajstić information content (AvgIpc) is 1.21. The number of pyridine rings is 1. The van der Waals surface area contributed by atoms with E-state index >= 15 is 0 Å². The molecule has 6 aliphatic rings. The van der Waals surface area contributed by atoms with Gasteiger partial charge in [0.2, 0.25) is 11.8 Å². The highest BCUT2D eigenvalue weighted by atomic mass is 32.2. The molecule has 3 aromatic heterocycles. The number of carboxylic acids is 2. The van der Waals surface area contributed by atoms with Crippen molar-refractivity contribution in [3.05, 3.63) is 131 Å². The second-order valence-electron chi connectivity index (χ2n) is 31.2. The van der Waals surface area contributed by atoms with Crippen LogP contribution < -0.4 is 37.2 Å². The van der Waals surface area contributed by atoms with Crippen LogP contribution in [-0.4, -0.2) is 200 Å². The molecule has 4 fully saturated rings. The van der Waals surface area contributed by atoms with Crippen molar-refractivity contribution in [3.8, 4) is 11.1 Å². The minimum absolute atomic E-state index is 0.0106. The Hall–Kier alpha value is -10.2. The van der Waals surface area contributed by atoms with Crippen molar-refractivity contribution in [2.45, 2.75) is 162 Å². The first-order valence-electron chi connectivity index (χ1n) is 37.5. The van der Waals surface area contributed by atoms with Gasteiger partial charge in [0, 0.05) is 112 Å². The number of thiazole rings is 1. The summed E-state index contributed by atoms with van der Waals surface area (Å²) in [5.74, 6) is -6.21. The van der Waals surface area contributed by atoms with Crippen molar-refractivity contribution in [2.24, 2.45) is 33.6 Å². The van der Waals surface area contributed by atoms with Gasteiger partial charge in [0.25, 0.3) is 33.7 Å². The summed E-state index contributed by atoms with van der Waals surface area (Å²) >= 11 is 1.39. The number of amides is 9. The minimum Gasteiger partial charge on any atom is -0.481 e. The van der Waals surface area contributed by atoms with Crippen LogP contribution >= 0.6 is 11.3 Å². The molecule has 594 valence electrons. The molecule has 0 radical (unpaired) electrons. The standard InChI is InChI=1S/C78H98N14O17S2/c1-49(2)66(85-62(93)18-7-6-10-30-90-63(94)25-26-64(90)95)70(100)92(59(68(79)98)16-12-29-81-72(80)103)53-21-19-51(20-22-53)41-108-74(104)88(32-28-65(96)97)34-33-87(36-38-111(105,106)107)35-37-109-78-45-75(4)42-76(5,46-78)44-77(43-75,47-78)48-91-50(3)56(39-82-91)54-23-24-61(84-67(54)71(101)102)89-31-27-52-13-11-14-55(57(52)40-89)69(99)86-73-83-58-15-8-9-17-60(58)110-73/h8-9,11,13-15,17,19-26,39,49,59,66H,6-7,10,12,16,18,27-38,40-48H2,1-5H3,(H2,79,98)(H,85,93)(H,96,97)(H,101,102)(H3,80,81,103)(H,83,86,99)(H,105,106,107)/t59-,66-,75?,76?,77?,78?/m0/s1. The molecule has 12 rings (SSSR count). The third-order valence-corrected chi connectivity index (χ3v) is 23.5. The zero-order valence-corrected chi connectivity index (χ0v) is 64.7. The SMILES string of the molecule is Cc1c(-c2ccc(N3CCc4cccc(C(=O)Nc5nc6ccccc6s5)c4C3)nc2C(=O)O)cnn1CC12CC3(C)CC(C)(C1)CC(OCCN(CCN(CCC(=O)O)C(=O)OCc1ccc(N(C(=O)[C@@H](NC(=O)CCCCCN4C(=O)C=CC4=O)C(C)C)[C@@H](CCCNC(N)=O)C(N)=O)cc1)CCS(=O)(=O)O)(C3)C2. The number of nitrogens with one attached hydrogen (secondary N) is 3. The van der Waals surface area contributed by atoms with Crippen molar-refractivity contribution in [2.75, 3.05) is 79.8 Å². The van der Waals surface area contributed by atoms with E-state index in [4.69, 9.17) is 31.0 Å². The van der Waals surface area contributed by atoms with E-state index in [-0.39, 0.29) is 112 Å². The van der Waals surface area contributed by atoms with Crippen molar-refractivity contribution in [1.82, 2.24) is 45.1 Å². The number of primary amides is 2. The van der Waals surface area contributed by atoms with Crippen LogP contribution in [0.2, 0.25) is 0 Å². The van der Waals surface area contributed by atoms with Gasteiger partial charge in [0.15, 0.2) is 10.8 Å². The molecule has 9 amide bonds. The Bertz CT molecular complexity index is 4610. The number of anilines is 3. The molecule has 111 heavy (non-hydrogen) atoms. The van der Waals surface area contributed by atoms with Gasteiger partial charge in [-0.25, -0.2) is 24.4 Å². The van der Waals surface area contributed by atoms with E-state index in [1.165, 1.54) is 57.6 Å². The molecule has 6 aromatic rings. The lowest BCUT2D eigenvalue weighted by Gasteiger charge is -2.69. The quantitative estimate of drug-likeness (QED) is 0.0103. The number of unbranched alkanes of at least 4 members (excludes halogenated alkanes) is 2. The number of carboxylic acid groups (broad SMARTS) is 2. The van der Waals surface area contributed by atoms with Crippen LogP contribution in [0, 0.1) is 29.1 Å². The first-order valence-corrected chi connectivity index (χ1v) is 39.9. The third kappa shape index (κ3) is 20.3. The summed E-state index contributed by atoms with van der Waals surface area (Å²) in [5, 5.41) is 34.3. The molecule has 0 spiro atoms. The zero-order valence-electron chi connectivity index (χ0n) is 63.1. The molecule has 4 saturated carbocycles. The van der Waals surface area contributed by atoms with Gasteiger partial charge in [-0.15, -0.1) is 0 Å². The predicted molar refractivity (Wildman–Crippen MR) is 413 cm³/mol. The van der Waals surface area contributed by atoms with Gasteiger partial charge in [-0.3, -0.25) is 62.8 Å². The highest BCUT2D eigenvalue weighted by Gasteiger charge is 2.66. The molecule has 5 heterocycles. The fourth-order valence-electron chi connectivity index (χ4n) is 17.8. The number of hydrogen-bond acceptors (Lipinski definition) is 20. The Morgan fingerprint density at radius 3 is 2.19 bits per heavy atom. The number of rotatable bonds is 38. The maximum Gasteiger partial charge on any atom is 0.410 e. The Kier molecular flexibility index (Phi) is 25.5. The summed E-state index contributed by atoms with van der Waals surface area (Å²) in [6.07, 6.45) is 9.79. The largest absolute Gasteiger partial charge is 0.481 e. The second-order valence-corrected chi connectivity index (χ2v) is 33.8. The number of carbonyl (C=O) groups excluding carboxylic acids is 8.